The minimum atomic E-state index is -0.290. The molecule has 0 saturated carbocycles. The molecule has 1 aliphatic heterocycles. The number of benzene rings is 1. The number of hydrogen-bond donors (Lipinski definition) is 1. The molecule has 4 nitrogen and oxygen atoms in total. The molecule has 1 fully saturated rings. The first-order valence-corrected chi connectivity index (χ1v) is 6.70. The molecule has 0 bridgehead atoms. The van der Waals surface area contributed by atoms with Crippen molar-refractivity contribution in [1.29, 1.82) is 0 Å². The van der Waals surface area contributed by atoms with Crippen LogP contribution >= 0.6 is 0 Å². The Morgan fingerprint density at radius 3 is 2.47 bits per heavy atom. The van der Waals surface area contributed by atoms with Crippen LogP contribution in [0.15, 0.2) is 18.2 Å². The Balaban J connectivity index is 1.87. The summed E-state index contributed by atoms with van der Waals surface area (Å²) in [4.78, 5) is 4.71. The van der Waals surface area contributed by atoms with Gasteiger partial charge in [0.05, 0.1) is 7.11 Å². The van der Waals surface area contributed by atoms with Crippen molar-refractivity contribution in [3.05, 3.63) is 29.6 Å². The summed E-state index contributed by atoms with van der Waals surface area (Å²) in [7, 11) is 1.48. The molecular formula is C14H22FN3O. The highest BCUT2D eigenvalue weighted by molar-refractivity contribution is 5.29. The van der Waals surface area contributed by atoms with E-state index in [1.807, 2.05) is 6.07 Å². The SMILES string of the molecule is COc1ccc(CN2CCN(CCN)CC2)cc1F. The molecule has 0 radical (unpaired) electrons. The Kier molecular flexibility index (Phi) is 5.13. The molecule has 2 N–H and O–H groups in total. The summed E-state index contributed by atoms with van der Waals surface area (Å²) in [5.74, 6) is 0.0123. The standard InChI is InChI=1S/C14H22FN3O/c1-19-14-3-2-12(10-13(14)15)11-18-8-6-17(5-4-16)7-9-18/h2-3,10H,4-9,11,16H2,1H3. The maximum atomic E-state index is 13.6. The van der Waals surface area contributed by atoms with E-state index in [0.717, 1.165) is 44.8 Å². The van der Waals surface area contributed by atoms with Crippen molar-refractivity contribution in [1.82, 2.24) is 9.80 Å². The van der Waals surface area contributed by atoms with Crippen LogP contribution in [0.1, 0.15) is 5.56 Å². The number of rotatable bonds is 5. The number of piperazine rings is 1. The molecule has 0 atom stereocenters. The second-order valence-corrected chi connectivity index (χ2v) is 4.88. The maximum Gasteiger partial charge on any atom is 0.165 e. The summed E-state index contributed by atoms with van der Waals surface area (Å²) in [6.07, 6.45) is 0. The summed E-state index contributed by atoms with van der Waals surface area (Å²) < 4.78 is 18.5. The maximum absolute atomic E-state index is 13.6. The Morgan fingerprint density at radius 1 is 1.21 bits per heavy atom. The summed E-state index contributed by atoms with van der Waals surface area (Å²) >= 11 is 0. The van der Waals surface area contributed by atoms with Crippen LogP contribution in [-0.4, -0.2) is 56.2 Å². The lowest BCUT2D eigenvalue weighted by molar-refractivity contribution is 0.129. The lowest BCUT2D eigenvalue weighted by Gasteiger charge is -2.34. The number of nitrogens with zero attached hydrogens (tertiary/aromatic N) is 2. The minimum absolute atomic E-state index is 0.290. The number of methoxy groups -OCH3 is 1. The van der Waals surface area contributed by atoms with Gasteiger partial charge in [-0.2, -0.15) is 0 Å². The van der Waals surface area contributed by atoms with Crippen molar-refractivity contribution in [2.45, 2.75) is 6.54 Å². The molecule has 1 aromatic carbocycles. The van der Waals surface area contributed by atoms with Crippen LogP contribution in [0.2, 0.25) is 0 Å². The van der Waals surface area contributed by atoms with Gasteiger partial charge in [-0.05, 0) is 17.7 Å². The first-order chi connectivity index (χ1) is 9.22. The molecule has 19 heavy (non-hydrogen) atoms. The van der Waals surface area contributed by atoms with Gasteiger partial charge in [0.1, 0.15) is 0 Å². The number of halogens is 1. The van der Waals surface area contributed by atoms with Gasteiger partial charge in [0.25, 0.3) is 0 Å². The molecule has 1 aliphatic rings. The van der Waals surface area contributed by atoms with E-state index < -0.39 is 0 Å². The van der Waals surface area contributed by atoms with Gasteiger partial charge in [0, 0.05) is 45.8 Å². The lowest BCUT2D eigenvalue weighted by Crippen LogP contribution is -2.47. The third-order valence-corrected chi connectivity index (χ3v) is 3.53. The number of hydrogen-bond acceptors (Lipinski definition) is 4. The quantitative estimate of drug-likeness (QED) is 0.861. The average molecular weight is 267 g/mol. The Morgan fingerprint density at radius 2 is 1.89 bits per heavy atom. The normalized spacial score (nSPS) is 17.6. The van der Waals surface area contributed by atoms with E-state index in [1.165, 1.54) is 7.11 Å². The fourth-order valence-electron chi connectivity index (χ4n) is 2.42. The van der Waals surface area contributed by atoms with Crippen LogP contribution in [0.3, 0.4) is 0 Å². The summed E-state index contributed by atoms with van der Waals surface area (Å²) in [6, 6.07) is 5.18. The topological polar surface area (TPSA) is 41.7 Å². The predicted molar refractivity (Wildman–Crippen MR) is 73.7 cm³/mol. The van der Waals surface area contributed by atoms with Crippen molar-refractivity contribution >= 4 is 0 Å². The molecule has 1 saturated heterocycles. The minimum Gasteiger partial charge on any atom is -0.494 e. The highest BCUT2D eigenvalue weighted by atomic mass is 19.1. The first kappa shape index (κ1) is 14.2. The Labute approximate surface area is 113 Å². The second-order valence-electron chi connectivity index (χ2n) is 4.88. The van der Waals surface area contributed by atoms with Crippen LogP contribution in [0.4, 0.5) is 4.39 Å². The molecule has 106 valence electrons. The van der Waals surface area contributed by atoms with Crippen LogP contribution in [0.25, 0.3) is 0 Å². The van der Waals surface area contributed by atoms with E-state index in [-0.39, 0.29) is 5.82 Å². The highest BCUT2D eigenvalue weighted by Crippen LogP contribution is 2.19. The van der Waals surface area contributed by atoms with Crippen molar-refractivity contribution in [2.24, 2.45) is 5.73 Å². The second kappa shape index (κ2) is 6.84. The molecule has 0 aromatic heterocycles. The zero-order valence-corrected chi connectivity index (χ0v) is 11.4. The van der Waals surface area contributed by atoms with Gasteiger partial charge in [-0.15, -0.1) is 0 Å². The first-order valence-electron chi connectivity index (χ1n) is 6.70. The van der Waals surface area contributed by atoms with Gasteiger partial charge in [-0.25, -0.2) is 4.39 Å². The third-order valence-electron chi connectivity index (χ3n) is 3.53. The third kappa shape index (κ3) is 3.89. The Bertz CT molecular complexity index is 406. The molecule has 1 aromatic rings. The lowest BCUT2D eigenvalue weighted by atomic mass is 10.2. The summed E-state index contributed by atoms with van der Waals surface area (Å²) in [6.45, 7) is 6.55. The van der Waals surface area contributed by atoms with Crippen LogP contribution in [-0.2, 0) is 6.54 Å². The summed E-state index contributed by atoms with van der Waals surface area (Å²) in [5, 5.41) is 0. The van der Waals surface area contributed by atoms with Crippen molar-refractivity contribution in [2.75, 3.05) is 46.4 Å². The zero-order chi connectivity index (χ0) is 13.7. The van der Waals surface area contributed by atoms with Gasteiger partial charge >= 0.3 is 0 Å². The monoisotopic (exact) mass is 267 g/mol. The largest absolute Gasteiger partial charge is 0.494 e. The molecular weight excluding hydrogens is 245 g/mol. The molecule has 1 heterocycles. The predicted octanol–water partition coefficient (Wildman–Crippen LogP) is 0.911. The van der Waals surface area contributed by atoms with E-state index in [0.29, 0.717) is 12.3 Å². The fraction of sp³-hybridized carbons (Fsp3) is 0.571. The zero-order valence-electron chi connectivity index (χ0n) is 11.4. The number of ether oxygens (including phenoxy) is 1. The highest BCUT2D eigenvalue weighted by Gasteiger charge is 2.16. The molecule has 0 amide bonds. The average Bonchev–Trinajstić information content (AvgIpc) is 2.42. The van der Waals surface area contributed by atoms with Gasteiger partial charge in [0.15, 0.2) is 11.6 Å². The van der Waals surface area contributed by atoms with Crippen molar-refractivity contribution in [3.8, 4) is 5.75 Å². The fourth-order valence-corrected chi connectivity index (χ4v) is 2.42. The van der Waals surface area contributed by atoms with Crippen molar-refractivity contribution in [3.63, 3.8) is 0 Å². The van der Waals surface area contributed by atoms with E-state index in [1.54, 1.807) is 12.1 Å². The molecule has 0 aliphatic carbocycles. The smallest absolute Gasteiger partial charge is 0.165 e. The molecule has 5 heteroatoms. The molecule has 0 spiro atoms. The van der Waals surface area contributed by atoms with Gasteiger partial charge in [-0.3, -0.25) is 9.80 Å². The van der Waals surface area contributed by atoms with Crippen molar-refractivity contribution < 1.29 is 9.13 Å². The van der Waals surface area contributed by atoms with E-state index in [4.69, 9.17) is 10.5 Å². The number of nitrogens with two attached hydrogens (primary N) is 1. The summed E-state index contributed by atoms with van der Waals surface area (Å²) in [5.41, 5.74) is 6.54. The Hall–Kier alpha value is -1.17. The van der Waals surface area contributed by atoms with Crippen LogP contribution < -0.4 is 10.5 Å². The van der Waals surface area contributed by atoms with Gasteiger partial charge in [0.2, 0.25) is 0 Å². The van der Waals surface area contributed by atoms with E-state index >= 15 is 0 Å². The molecule has 0 unspecified atom stereocenters. The van der Waals surface area contributed by atoms with Crippen LogP contribution in [0, 0.1) is 5.82 Å². The molecule has 2 rings (SSSR count). The van der Waals surface area contributed by atoms with E-state index in [9.17, 15) is 4.39 Å². The van der Waals surface area contributed by atoms with Gasteiger partial charge in [-0.1, -0.05) is 6.07 Å². The van der Waals surface area contributed by atoms with Gasteiger partial charge < -0.3 is 10.5 Å². The van der Waals surface area contributed by atoms with E-state index in [2.05, 4.69) is 9.80 Å². The van der Waals surface area contributed by atoms with Crippen LogP contribution in [0.5, 0.6) is 5.75 Å².